The molecule has 24 heavy (non-hydrogen) atoms. The Bertz CT molecular complexity index is 543. The second kappa shape index (κ2) is 8.15. The van der Waals surface area contributed by atoms with Crippen molar-refractivity contribution >= 4 is 12.4 Å². The van der Waals surface area contributed by atoms with Crippen molar-refractivity contribution in [3.63, 3.8) is 0 Å². The van der Waals surface area contributed by atoms with Crippen LogP contribution < -0.4 is 4.74 Å². The maximum atomic E-state index is 12.0. The first-order valence-electron chi connectivity index (χ1n) is 8.26. The van der Waals surface area contributed by atoms with Gasteiger partial charge in [-0.15, -0.1) is 0 Å². The van der Waals surface area contributed by atoms with Gasteiger partial charge in [-0.2, -0.15) is 0 Å². The third-order valence-corrected chi connectivity index (χ3v) is 3.72. The Morgan fingerprint density at radius 1 is 1.12 bits per heavy atom. The first kappa shape index (κ1) is 18.3. The van der Waals surface area contributed by atoms with E-state index >= 15 is 0 Å². The Labute approximate surface area is 143 Å². The molecule has 0 aromatic heterocycles. The van der Waals surface area contributed by atoms with Gasteiger partial charge in [0.05, 0.1) is 0 Å². The van der Waals surface area contributed by atoms with Gasteiger partial charge in [0.2, 0.25) is 0 Å². The van der Waals surface area contributed by atoms with E-state index in [-0.39, 0.29) is 6.09 Å². The fourth-order valence-electron chi connectivity index (χ4n) is 2.42. The van der Waals surface area contributed by atoms with Crippen molar-refractivity contribution < 1.29 is 19.1 Å². The Hall–Kier alpha value is -2.08. The SMILES string of the molecule is CC(C)(C)OC(=O)N1CCN(CCOc2ccc(C=O)cc2)CC1. The molecule has 0 aliphatic carbocycles. The highest BCUT2D eigenvalue weighted by Crippen LogP contribution is 2.13. The Balaban J connectivity index is 1.67. The van der Waals surface area contributed by atoms with Crippen LogP contribution in [0.15, 0.2) is 24.3 Å². The molecule has 0 saturated carbocycles. The summed E-state index contributed by atoms with van der Waals surface area (Å²) in [5, 5.41) is 0. The number of hydrogen-bond donors (Lipinski definition) is 0. The van der Waals surface area contributed by atoms with Crippen LogP contribution in [0.3, 0.4) is 0 Å². The summed E-state index contributed by atoms with van der Waals surface area (Å²) >= 11 is 0. The van der Waals surface area contributed by atoms with Crippen molar-refractivity contribution in [3.05, 3.63) is 29.8 Å². The van der Waals surface area contributed by atoms with Gasteiger partial charge in [-0.05, 0) is 45.0 Å². The summed E-state index contributed by atoms with van der Waals surface area (Å²) in [7, 11) is 0. The maximum absolute atomic E-state index is 12.0. The third-order valence-electron chi connectivity index (χ3n) is 3.72. The molecule has 1 aromatic carbocycles. The van der Waals surface area contributed by atoms with Gasteiger partial charge in [0, 0.05) is 38.3 Å². The number of carbonyl (C=O) groups is 2. The largest absolute Gasteiger partial charge is 0.492 e. The minimum Gasteiger partial charge on any atom is -0.492 e. The molecule has 0 bridgehead atoms. The van der Waals surface area contributed by atoms with Crippen molar-refractivity contribution in [1.29, 1.82) is 0 Å². The van der Waals surface area contributed by atoms with E-state index in [0.717, 1.165) is 31.7 Å². The van der Waals surface area contributed by atoms with E-state index in [4.69, 9.17) is 9.47 Å². The summed E-state index contributed by atoms with van der Waals surface area (Å²) in [6.45, 7) is 9.97. The monoisotopic (exact) mass is 334 g/mol. The average Bonchev–Trinajstić information content (AvgIpc) is 2.54. The zero-order chi connectivity index (χ0) is 17.6. The molecule has 1 saturated heterocycles. The predicted molar refractivity (Wildman–Crippen MR) is 91.6 cm³/mol. The van der Waals surface area contributed by atoms with Crippen LogP contribution in [0.2, 0.25) is 0 Å². The van der Waals surface area contributed by atoms with E-state index in [0.29, 0.717) is 25.3 Å². The number of piperazine rings is 1. The highest BCUT2D eigenvalue weighted by Gasteiger charge is 2.25. The molecule has 0 N–H and O–H groups in total. The van der Waals surface area contributed by atoms with Gasteiger partial charge in [0.25, 0.3) is 0 Å². The van der Waals surface area contributed by atoms with Crippen LogP contribution in [0.1, 0.15) is 31.1 Å². The number of amides is 1. The van der Waals surface area contributed by atoms with Gasteiger partial charge in [0.15, 0.2) is 0 Å². The lowest BCUT2D eigenvalue weighted by atomic mass is 10.2. The maximum Gasteiger partial charge on any atom is 0.410 e. The molecule has 1 aromatic rings. The first-order chi connectivity index (χ1) is 11.4. The normalized spacial score (nSPS) is 15.9. The summed E-state index contributed by atoms with van der Waals surface area (Å²) < 4.78 is 11.1. The molecule has 132 valence electrons. The molecule has 1 amide bonds. The van der Waals surface area contributed by atoms with E-state index in [1.165, 1.54) is 0 Å². The number of nitrogens with zero attached hydrogens (tertiary/aromatic N) is 2. The van der Waals surface area contributed by atoms with Crippen LogP contribution in [0.5, 0.6) is 5.75 Å². The number of carbonyl (C=O) groups excluding carboxylic acids is 2. The highest BCUT2D eigenvalue weighted by molar-refractivity contribution is 5.74. The molecule has 6 nitrogen and oxygen atoms in total. The van der Waals surface area contributed by atoms with Gasteiger partial charge < -0.3 is 14.4 Å². The fourth-order valence-corrected chi connectivity index (χ4v) is 2.42. The standard InChI is InChI=1S/C18H26N2O4/c1-18(2,3)24-17(22)20-10-8-19(9-11-20)12-13-23-16-6-4-15(14-21)5-7-16/h4-7,14H,8-13H2,1-3H3. The smallest absolute Gasteiger partial charge is 0.410 e. The van der Waals surface area contributed by atoms with Gasteiger partial charge in [-0.1, -0.05) is 0 Å². The van der Waals surface area contributed by atoms with Crippen LogP contribution in [0.4, 0.5) is 4.79 Å². The van der Waals surface area contributed by atoms with Crippen LogP contribution in [0.25, 0.3) is 0 Å². The molecule has 1 fully saturated rings. The van der Waals surface area contributed by atoms with Gasteiger partial charge >= 0.3 is 6.09 Å². The molecule has 6 heteroatoms. The van der Waals surface area contributed by atoms with Gasteiger partial charge in [-0.25, -0.2) is 4.79 Å². The number of hydrogen-bond acceptors (Lipinski definition) is 5. The minimum atomic E-state index is -0.457. The summed E-state index contributed by atoms with van der Waals surface area (Å²) in [6.07, 6.45) is 0.571. The number of benzene rings is 1. The predicted octanol–water partition coefficient (Wildman–Crippen LogP) is 2.43. The van der Waals surface area contributed by atoms with Crippen molar-refractivity contribution in [3.8, 4) is 5.75 Å². The lowest BCUT2D eigenvalue weighted by molar-refractivity contribution is 0.0137. The molecular weight excluding hydrogens is 308 g/mol. The number of ether oxygens (including phenoxy) is 2. The van der Waals surface area contributed by atoms with Crippen molar-refractivity contribution in [2.24, 2.45) is 0 Å². The number of aldehydes is 1. The van der Waals surface area contributed by atoms with Crippen LogP contribution in [-0.4, -0.2) is 67.1 Å². The van der Waals surface area contributed by atoms with Crippen molar-refractivity contribution in [2.75, 3.05) is 39.3 Å². The Morgan fingerprint density at radius 2 is 1.75 bits per heavy atom. The van der Waals surface area contributed by atoms with E-state index in [9.17, 15) is 9.59 Å². The summed E-state index contributed by atoms with van der Waals surface area (Å²) in [5.41, 5.74) is 0.183. The van der Waals surface area contributed by atoms with E-state index in [1.54, 1.807) is 29.2 Å². The lowest BCUT2D eigenvalue weighted by Gasteiger charge is -2.35. The molecule has 0 atom stereocenters. The molecular formula is C18H26N2O4. The van der Waals surface area contributed by atoms with Gasteiger partial charge in [0.1, 0.15) is 24.2 Å². The summed E-state index contributed by atoms with van der Waals surface area (Å²) in [4.78, 5) is 26.6. The zero-order valence-electron chi connectivity index (χ0n) is 14.7. The van der Waals surface area contributed by atoms with Crippen molar-refractivity contribution in [2.45, 2.75) is 26.4 Å². The van der Waals surface area contributed by atoms with E-state index in [2.05, 4.69) is 4.90 Å². The van der Waals surface area contributed by atoms with Crippen LogP contribution in [-0.2, 0) is 4.74 Å². The highest BCUT2D eigenvalue weighted by atomic mass is 16.6. The zero-order valence-corrected chi connectivity index (χ0v) is 14.7. The Morgan fingerprint density at radius 3 is 2.29 bits per heavy atom. The molecule has 0 unspecified atom stereocenters. The number of rotatable bonds is 5. The summed E-state index contributed by atoms with van der Waals surface area (Å²) in [5.74, 6) is 0.757. The quantitative estimate of drug-likeness (QED) is 0.774. The van der Waals surface area contributed by atoms with Crippen LogP contribution >= 0.6 is 0 Å². The molecule has 1 aliphatic rings. The average molecular weight is 334 g/mol. The van der Waals surface area contributed by atoms with E-state index < -0.39 is 5.60 Å². The Kier molecular flexibility index (Phi) is 6.20. The van der Waals surface area contributed by atoms with Gasteiger partial charge in [-0.3, -0.25) is 9.69 Å². The molecule has 1 heterocycles. The summed E-state index contributed by atoms with van der Waals surface area (Å²) in [6, 6.07) is 7.07. The fraction of sp³-hybridized carbons (Fsp3) is 0.556. The molecule has 1 aliphatic heterocycles. The molecule has 2 rings (SSSR count). The topological polar surface area (TPSA) is 59.1 Å². The van der Waals surface area contributed by atoms with Crippen LogP contribution in [0, 0.1) is 0 Å². The van der Waals surface area contributed by atoms with Crippen molar-refractivity contribution in [1.82, 2.24) is 9.80 Å². The third kappa shape index (κ3) is 5.85. The van der Waals surface area contributed by atoms with E-state index in [1.807, 2.05) is 20.8 Å². The second-order valence-corrected chi connectivity index (χ2v) is 6.84. The molecule has 0 spiro atoms. The molecule has 0 radical (unpaired) electrons. The lowest BCUT2D eigenvalue weighted by Crippen LogP contribution is -2.50. The first-order valence-corrected chi connectivity index (χ1v) is 8.26. The second-order valence-electron chi connectivity index (χ2n) is 6.84. The minimum absolute atomic E-state index is 0.242.